The van der Waals surface area contributed by atoms with Crippen LogP contribution < -0.4 is 5.32 Å². The first-order valence-corrected chi connectivity index (χ1v) is 5.48. The Kier molecular flexibility index (Phi) is 3.49. The van der Waals surface area contributed by atoms with Gasteiger partial charge in [-0.1, -0.05) is 12.1 Å². The first-order chi connectivity index (χ1) is 7.88. The van der Waals surface area contributed by atoms with Gasteiger partial charge < -0.3 is 5.32 Å². The molecule has 0 aliphatic carbocycles. The van der Waals surface area contributed by atoms with Gasteiger partial charge in [0.15, 0.2) is 0 Å². The van der Waals surface area contributed by atoms with Crippen molar-refractivity contribution in [2.24, 2.45) is 0 Å². The third-order valence-electron chi connectivity index (χ3n) is 2.25. The van der Waals surface area contributed by atoms with Gasteiger partial charge >= 0.3 is 0 Å². The quantitative estimate of drug-likeness (QED) is 0.848. The summed E-state index contributed by atoms with van der Waals surface area (Å²) < 4.78 is 0. The summed E-state index contributed by atoms with van der Waals surface area (Å²) >= 11 is 0. The molecule has 0 saturated heterocycles. The van der Waals surface area contributed by atoms with Crippen molar-refractivity contribution >= 4 is 5.82 Å². The van der Waals surface area contributed by atoms with Crippen LogP contribution in [0.25, 0.3) is 0 Å². The third-order valence-corrected chi connectivity index (χ3v) is 2.25. The van der Waals surface area contributed by atoms with E-state index in [1.165, 1.54) is 0 Å². The maximum Gasteiger partial charge on any atom is 0.126 e. The highest BCUT2D eigenvalue weighted by atomic mass is 15.0. The van der Waals surface area contributed by atoms with Crippen LogP contribution in [0.1, 0.15) is 18.3 Å². The standard InChI is InChI=1S/C13H15N3/c1-2-14-13-8-5-7-12(16-13)10-11-6-3-4-9-15-11/h3-9H,2,10H2,1H3,(H,14,16). The van der Waals surface area contributed by atoms with E-state index in [1.54, 1.807) is 0 Å². The Labute approximate surface area is 95.6 Å². The Bertz CT molecular complexity index is 440. The number of rotatable bonds is 4. The fourth-order valence-electron chi connectivity index (χ4n) is 1.55. The lowest BCUT2D eigenvalue weighted by Crippen LogP contribution is -2.01. The van der Waals surface area contributed by atoms with Gasteiger partial charge in [-0.05, 0) is 31.2 Å². The minimum atomic E-state index is 0.778. The molecule has 82 valence electrons. The van der Waals surface area contributed by atoms with Crippen LogP contribution in [0, 0.1) is 0 Å². The Morgan fingerprint density at radius 1 is 1.06 bits per heavy atom. The molecule has 16 heavy (non-hydrogen) atoms. The van der Waals surface area contributed by atoms with Crippen LogP contribution in [0.4, 0.5) is 5.82 Å². The van der Waals surface area contributed by atoms with Crippen molar-refractivity contribution in [3.05, 3.63) is 54.0 Å². The van der Waals surface area contributed by atoms with Crippen LogP contribution in [0.5, 0.6) is 0 Å². The molecule has 1 N–H and O–H groups in total. The van der Waals surface area contributed by atoms with E-state index in [9.17, 15) is 0 Å². The number of aromatic nitrogens is 2. The summed E-state index contributed by atoms with van der Waals surface area (Å²) in [6.07, 6.45) is 2.59. The Hall–Kier alpha value is -1.90. The topological polar surface area (TPSA) is 37.8 Å². The van der Waals surface area contributed by atoms with Crippen LogP contribution in [-0.2, 0) is 6.42 Å². The lowest BCUT2D eigenvalue weighted by molar-refractivity contribution is 1.01. The van der Waals surface area contributed by atoms with Crippen molar-refractivity contribution in [1.29, 1.82) is 0 Å². The van der Waals surface area contributed by atoms with Crippen LogP contribution >= 0.6 is 0 Å². The Balaban J connectivity index is 2.12. The molecule has 0 radical (unpaired) electrons. The average Bonchev–Trinajstić information content (AvgIpc) is 2.31. The summed E-state index contributed by atoms with van der Waals surface area (Å²) in [4.78, 5) is 8.80. The predicted molar refractivity (Wildman–Crippen MR) is 65.4 cm³/mol. The van der Waals surface area contributed by atoms with Crippen molar-refractivity contribution in [2.45, 2.75) is 13.3 Å². The van der Waals surface area contributed by atoms with Crippen molar-refractivity contribution in [3.63, 3.8) is 0 Å². The molecular formula is C13H15N3. The zero-order valence-corrected chi connectivity index (χ0v) is 9.35. The zero-order chi connectivity index (χ0) is 11.2. The predicted octanol–water partition coefficient (Wildman–Crippen LogP) is 2.50. The molecule has 0 aliphatic rings. The van der Waals surface area contributed by atoms with E-state index in [0.29, 0.717) is 0 Å². The van der Waals surface area contributed by atoms with E-state index in [4.69, 9.17) is 0 Å². The Morgan fingerprint density at radius 3 is 2.69 bits per heavy atom. The van der Waals surface area contributed by atoms with Crippen LogP contribution in [0.15, 0.2) is 42.6 Å². The van der Waals surface area contributed by atoms with Gasteiger partial charge in [0.2, 0.25) is 0 Å². The summed E-state index contributed by atoms with van der Waals surface area (Å²) in [6, 6.07) is 12.0. The van der Waals surface area contributed by atoms with Crippen molar-refractivity contribution < 1.29 is 0 Å². The molecule has 2 aromatic rings. The number of nitrogens with zero attached hydrogens (tertiary/aromatic N) is 2. The van der Waals surface area contributed by atoms with Crippen LogP contribution in [-0.4, -0.2) is 16.5 Å². The summed E-state index contributed by atoms with van der Waals surface area (Å²) in [7, 11) is 0. The maximum atomic E-state index is 4.51. The summed E-state index contributed by atoms with van der Waals surface area (Å²) in [5.74, 6) is 0.927. The van der Waals surface area contributed by atoms with E-state index in [1.807, 2.05) is 42.6 Å². The van der Waals surface area contributed by atoms with Gasteiger partial charge in [-0.15, -0.1) is 0 Å². The van der Waals surface area contributed by atoms with E-state index in [0.717, 1.165) is 30.2 Å². The van der Waals surface area contributed by atoms with Crippen molar-refractivity contribution in [3.8, 4) is 0 Å². The smallest absolute Gasteiger partial charge is 0.126 e. The molecule has 0 saturated carbocycles. The molecule has 0 aromatic carbocycles. The number of anilines is 1. The van der Waals surface area contributed by atoms with E-state index in [-0.39, 0.29) is 0 Å². The summed E-state index contributed by atoms with van der Waals surface area (Å²) in [5, 5.41) is 3.20. The summed E-state index contributed by atoms with van der Waals surface area (Å²) in [5.41, 5.74) is 2.08. The second-order valence-electron chi connectivity index (χ2n) is 3.54. The molecule has 0 bridgehead atoms. The molecule has 0 spiro atoms. The summed E-state index contributed by atoms with van der Waals surface area (Å²) in [6.45, 7) is 2.95. The van der Waals surface area contributed by atoms with Gasteiger partial charge in [0.1, 0.15) is 5.82 Å². The minimum absolute atomic E-state index is 0.778. The number of nitrogens with one attached hydrogen (secondary N) is 1. The van der Waals surface area contributed by atoms with Gasteiger partial charge in [-0.25, -0.2) is 4.98 Å². The lowest BCUT2D eigenvalue weighted by Gasteiger charge is -2.04. The molecule has 3 heteroatoms. The normalized spacial score (nSPS) is 10.1. The molecule has 0 unspecified atom stereocenters. The number of hydrogen-bond donors (Lipinski definition) is 1. The average molecular weight is 213 g/mol. The van der Waals surface area contributed by atoms with Crippen molar-refractivity contribution in [2.75, 3.05) is 11.9 Å². The molecule has 0 fully saturated rings. The fourth-order valence-corrected chi connectivity index (χ4v) is 1.55. The first kappa shape index (κ1) is 10.6. The van der Waals surface area contributed by atoms with Crippen molar-refractivity contribution in [1.82, 2.24) is 9.97 Å². The van der Waals surface area contributed by atoms with Gasteiger partial charge in [-0.3, -0.25) is 4.98 Å². The SMILES string of the molecule is CCNc1cccc(Cc2ccccn2)n1. The highest BCUT2D eigenvalue weighted by molar-refractivity contribution is 5.35. The molecule has 0 amide bonds. The molecule has 3 nitrogen and oxygen atoms in total. The van der Waals surface area contributed by atoms with Gasteiger partial charge in [0, 0.05) is 30.6 Å². The highest BCUT2D eigenvalue weighted by Gasteiger charge is 1.99. The van der Waals surface area contributed by atoms with Gasteiger partial charge in [-0.2, -0.15) is 0 Å². The lowest BCUT2D eigenvalue weighted by atomic mass is 10.2. The molecule has 0 aliphatic heterocycles. The molecule has 0 atom stereocenters. The van der Waals surface area contributed by atoms with Crippen LogP contribution in [0.3, 0.4) is 0 Å². The fraction of sp³-hybridized carbons (Fsp3) is 0.231. The van der Waals surface area contributed by atoms with E-state index in [2.05, 4.69) is 22.2 Å². The monoisotopic (exact) mass is 213 g/mol. The zero-order valence-electron chi connectivity index (χ0n) is 9.35. The number of pyridine rings is 2. The van der Waals surface area contributed by atoms with Crippen LogP contribution in [0.2, 0.25) is 0 Å². The minimum Gasteiger partial charge on any atom is -0.370 e. The molecule has 2 aromatic heterocycles. The van der Waals surface area contributed by atoms with E-state index >= 15 is 0 Å². The first-order valence-electron chi connectivity index (χ1n) is 5.48. The second kappa shape index (κ2) is 5.26. The van der Waals surface area contributed by atoms with Gasteiger partial charge in [0.25, 0.3) is 0 Å². The maximum absolute atomic E-state index is 4.51. The molecule has 2 rings (SSSR count). The molecule has 2 heterocycles. The largest absolute Gasteiger partial charge is 0.370 e. The number of hydrogen-bond acceptors (Lipinski definition) is 3. The second-order valence-corrected chi connectivity index (χ2v) is 3.54. The highest BCUT2D eigenvalue weighted by Crippen LogP contribution is 2.08. The van der Waals surface area contributed by atoms with Gasteiger partial charge in [0.05, 0.1) is 0 Å². The molecular weight excluding hydrogens is 198 g/mol. The third kappa shape index (κ3) is 2.79. The van der Waals surface area contributed by atoms with E-state index < -0.39 is 0 Å². The Morgan fingerprint density at radius 2 is 1.94 bits per heavy atom.